The maximum Gasteiger partial charge on any atom is 0.230 e. The van der Waals surface area contributed by atoms with E-state index < -0.39 is 0 Å². The van der Waals surface area contributed by atoms with Crippen LogP contribution >= 0.6 is 11.8 Å². The molecule has 0 aliphatic carbocycles. The summed E-state index contributed by atoms with van der Waals surface area (Å²) in [6, 6.07) is 22.2. The van der Waals surface area contributed by atoms with Gasteiger partial charge in [0, 0.05) is 30.3 Å². The van der Waals surface area contributed by atoms with E-state index in [1.165, 1.54) is 5.56 Å². The van der Waals surface area contributed by atoms with Gasteiger partial charge in [0.1, 0.15) is 5.82 Å². The number of aryl methyl sites for hydroxylation is 1. The molecule has 0 bridgehead atoms. The van der Waals surface area contributed by atoms with Crippen LogP contribution in [0.4, 0.5) is 0 Å². The first-order valence-corrected chi connectivity index (χ1v) is 11.0. The summed E-state index contributed by atoms with van der Waals surface area (Å²) in [6.45, 7) is 2.62. The monoisotopic (exact) mass is 416 g/mol. The Morgan fingerprint density at radius 1 is 0.967 bits per heavy atom. The number of hydrogen-bond acceptors (Lipinski definition) is 3. The number of thioether (sulfide) groups is 1. The molecule has 0 fully saturated rings. The average Bonchev–Trinajstić information content (AvgIpc) is 3.43. The molecule has 0 saturated carbocycles. The van der Waals surface area contributed by atoms with Crippen LogP contribution < -0.4 is 5.32 Å². The van der Waals surface area contributed by atoms with E-state index >= 15 is 0 Å². The van der Waals surface area contributed by atoms with Gasteiger partial charge < -0.3 is 9.88 Å². The van der Waals surface area contributed by atoms with Crippen LogP contribution in [0.2, 0.25) is 0 Å². The largest absolute Gasteiger partial charge is 0.351 e. The van der Waals surface area contributed by atoms with Crippen LogP contribution in [0.3, 0.4) is 0 Å². The fraction of sp³-hybridized carbons (Fsp3) is 0.167. The third-order valence-corrected chi connectivity index (χ3v) is 5.88. The van der Waals surface area contributed by atoms with E-state index in [9.17, 15) is 4.79 Å². The predicted octanol–water partition coefficient (Wildman–Crippen LogP) is 4.52. The minimum absolute atomic E-state index is 0.0428. The van der Waals surface area contributed by atoms with E-state index in [1.54, 1.807) is 11.8 Å². The van der Waals surface area contributed by atoms with Crippen molar-refractivity contribution in [2.45, 2.75) is 19.2 Å². The lowest BCUT2D eigenvalue weighted by atomic mass is 10.1. The number of rotatable bonds is 8. The van der Waals surface area contributed by atoms with E-state index in [1.807, 2.05) is 83.9 Å². The summed E-state index contributed by atoms with van der Waals surface area (Å²) in [7, 11) is 0. The summed E-state index contributed by atoms with van der Waals surface area (Å²) in [6.07, 6.45) is 5.92. The lowest BCUT2D eigenvalue weighted by Crippen LogP contribution is -2.25. The Balaban J connectivity index is 1.41. The molecule has 4 aromatic rings. The quantitative estimate of drug-likeness (QED) is 0.459. The molecule has 5 nitrogen and oxygen atoms in total. The number of nitrogens with zero attached hydrogens (tertiary/aromatic N) is 3. The molecule has 0 unspecified atom stereocenters. The third-order valence-electron chi connectivity index (χ3n) is 4.89. The predicted molar refractivity (Wildman–Crippen MR) is 122 cm³/mol. The molecular weight excluding hydrogens is 392 g/mol. The van der Waals surface area contributed by atoms with Crippen LogP contribution in [0, 0.1) is 6.92 Å². The van der Waals surface area contributed by atoms with Gasteiger partial charge in [0.25, 0.3) is 0 Å². The van der Waals surface area contributed by atoms with Crippen molar-refractivity contribution in [2.24, 2.45) is 0 Å². The van der Waals surface area contributed by atoms with Crippen molar-refractivity contribution < 1.29 is 4.79 Å². The maximum absolute atomic E-state index is 12.3. The van der Waals surface area contributed by atoms with E-state index in [4.69, 9.17) is 0 Å². The first-order chi connectivity index (χ1) is 14.7. The smallest absolute Gasteiger partial charge is 0.230 e. The van der Waals surface area contributed by atoms with Gasteiger partial charge in [0.15, 0.2) is 0 Å². The molecule has 2 heterocycles. The third kappa shape index (κ3) is 4.66. The number of carbonyl (C=O) groups excluding carboxylic acids is 1. The molecule has 4 rings (SSSR count). The zero-order valence-corrected chi connectivity index (χ0v) is 17.7. The van der Waals surface area contributed by atoms with Crippen LogP contribution in [0.5, 0.6) is 0 Å². The second kappa shape index (κ2) is 9.50. The Morgan fingerprint density at radius 3 is 2.47 bits per heavy atom. The summed E-state index contributed by atoms with van der Waals surface area (Å²) in [5.74, 6) is 2.16. The van der Waals surface area contributed by atoms with Crippen molar-refractivity contribution >= 4 is 17.7 Å². The highest BCUT2D eigenvalue weighted by atomic mass is 32.2. The minimum atomic E-state index is 0.0428. The van der Waals surface area contributed by atoms with E-state index in [2.05, 4.69) is 28.0 Å². The van der Waals surface area contributed by atoms with E-state index in [0.29, 0.717) is 18.1 Å². The molecule has 1 amide bonds. The average molecular weight is 417 g/mol. The van der Waals surface area contributed by atoms with Crippen molar-refractivity contribution in [3.8, 4) is 11.5 Å². The number of para-hydroxylation sites is 1. The van der Waals surface area contributed by atoms with E-state index in [0.717, 1.165) is 22.6 Å². The number of amides is 1. The molecule has 0 aliphatic rings. The molecular formula is C24H24N4OS. The lowest BCUT2D eigenvalue weighted by molar-refractivity contribution is -0.118. The summed E-state index contributed by atoms with van der Waals surface area (Å²) >= 11 is 1.60. The minimum Gasteiger partial charge on any atom is -0.351 e. The normalized spacial score (nSPS) is 10.8. The van der Waals surface area contributed by atoms with Gasteiger partial charge in [-0.3, -0.25) is 4.79 Å². The zero-order valence-electron chi connectivity index (χ0n) is 16.9. The molecule has 0 radical (unpaired) electrons. The summed E-state index contributed by atoms with van der Waals surface area (Å²) in [5.41, 5.74) is 4.44. The first kappa shape index (κ1) is 20.0. The summed E-state index contributed by atoms with van der Waals surface area (Å²) < 4.78 is 4.00. The lowest BCUT2D eigenvalue weighted by Gasteiger charge is -2.11. The van der Waals surface area contributed by atoms with Crippen molar-refractivity contribution in [1.82, 2.24) is 19.7 Å². The SMILES string of the molecule is Cc1ccccc1CNC(=O)CSCc1cnn(-c2ccccc2)c1-n1cccc1. The van der Waals surface area contributed by atoms with Gasteiger partial charge in [0.2, 0.25) is 5.91 Å². The van der Waals surface area contributed by atoms with Crippen LogP contribution in [-0.2, 0) is 17.1 Å². The van der Waals surface area contributed by atoms with Gasteiger partial charge in [-0.15, -0.1) is 11.8 Å². The molecule has 0 saturated heterocycles. The molecule has 0 atom stereocenters. The number of aromatic nitrogens is 3. The number of nitrogens with one attached hydrogen (secondary N) is 1. The fourth-order valence-electron chi connectivity index (χ4n) is 3.29. The first-order valence-electron chi connectivity index (χ1n) is 9.87. The van der Waals surface area contributed by atoms with Crippen LogP contribution in [-0.4, -0.2) is 26.0 Å². The maximum atomic E-state index is 12.3. The Labute approximate surface area is 180 Å². The van der Waals surface area contributed by atoms with Crippen molar-refractivity contribution in [1.29, 1.82) is 0 Å². The summed E-state index contributed by atoms with van der Waals surface area (Å²) in [4.78, 5) is 12.3. The Bertz CT molecular complexity index is 1100. The molecule has 152 valence electrons. The van der Waals surface area contributed by atoms with Crippen LogP contribution in [0.25, 0.3) is 11.5 Å². The Kier molecular flexibility index (Phi) is 6.35. The van der Waals surface area contributed by atoms with Crippen LogP contribution in [0.1, 0.15) is 16.7 Å². The van der Waals surface area contributed by atoms with Crippen molar-refractivity contribution in [3.63, 3.8) is 0 Å². The van der Waals surface area contributed by atoms with Gasteiger partial charge >= 0.3 is 0 Å². The van der Waals surface area contributed by atoms with Gasteiger partial charge in [-0.05, 0) is 42.3 Å². The molecule has 1 N–H and O–H groups in total. The molecule has 30 heavy (non-hydrogen) atoms. The van der Waals surface area contributed by atoms with Gasteiger partial charge in [-0.25, -0.2) is 4.68 Å². The molecule has 0 aliphatic heterocycles. The number of benzene rings is 2. The highest BCUT2D eigenvalue weighted by Gasteiger charge is 2.14. The highest BCUT2D eigenvalue weighted by molar-refractivity contribution is 7.99. The van der Waals surface area contributed by atoms with Gasteiger partial charge in [0.05, 0.1) is 17.6 Å². The molecule has 2 aromatic heterocycles. The van der Waals surface area contributed by atoms with Crippen molar-refractivity contribution in [2.75, 3.05) is 5.75 Å². The van der Waals surface area contributed by atoms with Gasteiger partial charge in [-0.1, -0.05) is 42.5 Å². The van der Waals surface area contributed by atoms with Gasteiger partial charge in [-0.2, -0.15) is 5.10 Å². The number of hydrogen-bond donors (Lipinski definition) is 1. The molecule has 6 heteroatoms. The second-order valence-electron chi connectivity index (χ2n) is 7.03. The van der Waals surface area contributed by atoms with E-state index in [-0.39, 0.29) is 5.91 Å². The molecule has 0 spiro atoms. The Morgan fingerprint density at radius 2 is 1.70 bits per heavy atom. The van der Waals surface area contributed by atoms with Crippen LogP contribution in [0.15, 0.2) is 85.3 Å². The highest BCUT2D eigenvalue weighted by Crippen LogP contribution is 2.23. The Hall–Kier alpha value is -3.25. The second-order valence-corrected chi connectivity index (χ2v) is 8.01. The topological polar surface area (TPSA) is 51.9 Å². The summed E-state index contributed by atoms with van der Waals surface area (Å²) in [5, 5.41) is 7.62. The molecule has 2 aromatic carbocycles. The number of carbonyl (C=O) groups is 1. The zero-order chi connectivity index (χ0) is 20.8. The van der Waals surface area contributed by atoms with Crippen molar-refractivity contribution in [3.05, 3.63) is 102 Å². The standard InChI is InChI=1S/C24H24N4OS/c1-19-9-5-6-10-20(19)15-25-23(29)18-30-17-21-16-26-28(22-11-3-2-4-12-22)24(21)27-13-7-8-14-27/h2-14,16H,15,17-18H2,1H3,(H,25,29). The fourth-order valence-corrected chi connectivity index (χ4v) is 4.11.